The topological polar surface area (TPSA) is 29.5 Å². The van der Waals surface area contributed by atoms with Gasteiger partial charge in [-0.1, -0.05) is 47.5 Å². The first-order valence-electron chi connectivity index (χ1n) is 8.81. The van der Waals surface area contributed by atoms with Crippen molar-refractivity contribution in [1.29, 1.82) is 0 Å². The molecule has 3 aromatic carbocycles. The highest BCUT2D eigenvalue weighted by atomic mass is 35.5. The number of hydrogen-bond acceptors (Lipinski definition) is 3. The standard InChI is InChI=1S/C22H18Cl2F2O2S/c23-16-5-1-14(2-6-16)22(15-3-7-17(24)8-4-15)29-13-19(27)12-28-21-10-9-18(25)11-20(21)26/h1-11,19,22,27H,12-13H2. The summed E-state index contributed by atoms with van der Waals surface area (Å²) in [7, 11) is 0. The van der Waals surface area contributed by atoms with Crippen LogP contribution in [0.2, 0.25) is 10.0 Å². The van der Waals surface area contributed by atoms with E-state index in [1.165, 1.54) is 17.8 Å². The third kappa shape index (κ3) is 6.34. The Labute approximate surface area is 182 Å². The minimum Gasteiger partial charge on any atom is -0.488 e. The zero-order chi connectivity index (χ0) is 20.8. The van der Waals surface area contributed by atoms with E-state index in [1.807, 2.05) is 48.5 Å². The SMILES string of the molecule is OC(COc1ccc(F)cc1F)CSC(c1ccc(Cl)cc1)c1ccc(Cl)cc1. The number of benzene rings is 3. The second kappa shape index (κ2) is 10.3. The number of rotatable bonds is 8. The van der Waals surface area contributed by atoms with Gasteiger partial charge in [-0.05, 0) is 47.5 Å². The maximum atomic E-state index is 13.6. The summed E-state index contributed by atoms with van der Waals surface area (Å²) in [5.74, 6) is -1.23. The van der Waals surface area contributed by atoms with E-state index in [4.69, 9.17) is 27.9 Å². The third-order valence-corrected chi connectivity index (χ3v) is 6.08. The summed E-state index contributed by atoms with van der Waals surface area (Å²) in [5.41, 5.74) is 2.05. The number of halogens is 4. The highest BCUT2D eigenvalue weighted by molar-refractivity contribution is 7.99. The van der Waals surface area contributed by atoms with Crippen molar-refractivity contribution in [2.24, 2.45) is 0 Å². The van der Waals surface area contributed by atoms with Crippen LogP contribution in [-0.4, -0.2) is 23.6 Å². The monoisotopic (exact) mass is 454 g/mol. The molecule has 0 saturated heterocycles. The molecule has 0 radical (unpaired) electrons. The molecule has 0 aliphatic rings. The van der Waals surface area contributed by atoms with Gasteiger partial charge < -0.3 is 9.84 Å². The third-order valence-electron chi connectivity index (χ3n) is 4.13. The largest absolute Gasteiger partial charge is 0.488 e. The molecule has 3 rings (SSSR count). The molecule has 0 spiro atoms. The zero-order valence-corrected chi connectivity index (χ0v) is 17.5. The van der Waals surface area contributed by atoms with Crippen LogP contribution in [-0.2, 0) is 0 Å². The zero-order valence-electron chi connectivity index (χ0n) is 15.2. The van der Waals surface area contributed by atoms with Crippen LogP contribution in [0, 0.1) is 11.6 Å². The Hall–Kier alpha value is -1.79. The second-order valence-corrected chi connectivity index (χ2v) is 8.37. The van der Waals surface area contributed by atoms with Gasteiger partial charge in [-0.2, -0.15) is 0 Å². The minimum atomic E-state index is -0.841. The fraction of sp³-hybridized carbons (Fsp3) is 0.182. The maximum absolute atomic E-state index is 13.6. The normalized spacial score (nSPS) is 12.2. The molecule has 0 saturated carbocycles. The molecule has 0 fully saturated rings. The minimum absolute atomic E-state index is 0.0539. The molecule has 0 aromatic heterocycles. The summed E-state index contributed by atoms with van der Waals surface area (Å²) in [6, 6.07) is 18.1. The fourth-order valence-electron chi connectivity index (χ4n) is 2.69. The van der Waals surface area contributed by atoms with Gasteiger partial charge in [-0.15, -0.1) is 11.8 Å². The van der Waals surface area contributed by atoms with Crippen molar-refractivity contribution in [3.63, 3.8) is 0 Å². The summed E-state index contributed by atoms with van der Waals surface area (Å²) in [5, 5.41) is 11.5. The molecular weight excluding hydrogens is 437 g/mol. The Bertz CT molecular complexity index is 891. The van der Waals surface area contributed by atoms with Gasteiger partial charge in [-0.3, -0.25) is 0 Å². The van der Waals surface area contributed by atoms with Gasteiger partial charge >= 0.3 is 0 Å². The number of aliphatic hydroxyl groups is 1. The van der Waals surface area contributed by atoms with Gasteiger partial charge in [0.25, 0.3) is 0 Å². The van der Waals surface area contributed by atoms with E-state index >= 15 is 0 Å². The summed E-state index contributed by atoms with van der Waals surface area (Å²) in [6.07, 6.45) is -0.841. The van der Waals surface area contributed by atoms with Crippen LogP contribution >= 0.6 is 35.0 Å². The van der Waals surface area contributed by atoms with Crippen LogP contribution in [0.25, 0.3) is 0 Å². The van der Waals surface area contributed by atoms with Crippen molar-refractivity contribution in [3.8, 4) is 5.75 Å². The van der Waals surface area contributed by atoms with Crippen molar-refractivity contribution < 1.29 is 18.6 Å². The molecule has 7 heteroatoms. The van der Waals surface area contributed by atoms with Gasteiger partial charge in [0.15, 0.2) is 11.6 Å². The Morgan fingerprint density at radius 1 is 0.862 bits per heavy atom. The molecule has 1 N–H and O–H groups in total. The average Bonchev–Trinajstić information content (AvgIpc) is 2.70. The van der Waals surface area contributed by atoms with Crippen LogP contribution in [0.4, 0.5) is 8.78 Å². The van der Waals surface area contributed by atoms with E-state index in [0.29, 0.717) is 15.8 Å². The van der Waals surface area contributed by atoms with Crippen molar-refractivity contribution in [1.82, 2.24) is 0 Å². The van der Waals surface area contributed by atoms with Crippen molar-refractivity contribution in [3.05, 3.63) is 99.5 Å². The first kappa shape index (κ1) is 21.9. The van der Waals surface area contributed by atoms with Crippen molar-refractivity contribution in [2.45, 2.75) is 11.4 Å². The van der Waals surface area contributed by atoms with Crippen molar-refractivity contribution in [2.75, 3.05) is 12.4 Å². The quantitative estimate of drug-likeness (QED) is 0.419. The number of aliphatic hydroxyl groups excluding tert-OH is 1. The predicted octanol–water partition coefficient (Wildman–Crippen LogP) is 6.53. The maximum Gasteiger partial charge on any atom is 0.167 e. The van der Waals surface area contributed by atoms with Gasteiger partial charge in [0.1, 0.15) is 12.4 Å². The molecule has 0 amide bonds. The molecule has 29 heavy (non-hydrogen) atoms. The van der Waals surface area contributed by atoms with Crippen LogP contribution in [0.5, 0.6) is 5.75 Å². The Balaban J connectivity index is 1.65. The molecule has 152 valence electrons. The van der Waals surface area contributed by atoms with E-state index in [1.54, 1.807) is 0 Å². The molecule has 2 nitrogen and oxygen atoms in total. The van der Waals surface area contributed by atoms with Crippen molar-refractivity contribution >= 4 is 35.0 Å². The Kier molecular flexibility index (Phi) is 7.78. The highest BCUT2D eigenvalue weighted by Crippen LogP contribution is 2.37. The van der Waals surface area contributed by atoms with Gasteiger partial charge in [0.2, 0.25) is 0 Å². The Morgan fingerprint density at radius 2 is 1.41 bits per heavy atom. The van der Waals surface area contributed by atoms with E-state index in [9.17, 15) is 13.9 Å². The van der Waals surface area contributed by atoms with E-state index < -0.39 is 17.7 Å². The number of ether oxygens (including phenoxy) is 1. The van der Waals surface area contributed by atoms with Gasteiger partial charge in [-0.25, -0.2) is 8.78 Å². The molecule has 0 aliphatic carbocycles. The van der Waals surface area contributed by atoms with E-state index in [2.05, 4.69) is 0 Å². The second-order valence-electron chi connectivity index (χ2n) is 6.36. The van der Waals surface area contributed by atoms with Crippen LogP contribution in [0.1, 0.15) is 16.4 Å². The lowest BCUT2D eigenvalue weighted by atomic mass is 10.0. The van der Waals surface area contributed by atoms with Crippen LogP contribution < -0.4 is 4.74 Å². The first-order chi connectivity index (χ1) is 13.9. The molecule has 1 atom stereocenters. The van der Waals surface area contributed by atoms with Gasteiger partial charge in [0, 0.05) is 21.9 Å². The van der Waals surface area contributed by atoms with Crippen LogP contribution in [0.15, 0.2) is 66.7 Å². The lowest BCUT2D eigenvalue weighted by molar-refractivity contribution is 0.123. The molecule has 3 aromatic rings. The summed E-state index contributed by atoms with van der Waals surface area (Å²) in [4.78, 5) is 0. The van der Waals surface area contributed by atoms with Crippen LogP contribution in [0.3, 0.4) is 0 Å². The molecule has 0 bridgehead atoms. The van der Waals surface area contributed by atoms with E-state index in [0.717, 1.165) is 23.3 Å². The Morgan fingerprint density at radius 3 is 1.93 bits per heavy atom. The number of thioether (sulfide) groups is 1. The number of hydrogen-bond donors (Lipinski definition) is 1. The highest BCUT2D eigenvalue weighted by Gasteiger charge is 2.18. The predicted molar refractivity (Wildman–Crippen MR) is 115 cm³/mol. The smallest absolute Gasteiger partial charge is 0.167 e. The summed E-state index contributed by atoms with van der Waals surface area (Å²) < 4.78 is 31.9. The average molecular weight is 455 g/mol. The summed E-state index contributed by atoms with van der Waals surface area (Å²) in [6.45, 7) is -0.108. The summed E-state index contributed by atoms with van der Waals surface area (Å²) >= 11 is 13.5. The molecular formula is C22H18Cl2F2O2S. The van der Waals surface area contributed by atoms with Gasteiger partial charge in [0.05, 0.1) is 11.4 Å². The van der Waals surface area contributed by atoms with E-state index in [-0.39, 0.29) is 17.6 Å². The molecule has 0 aliphatic heterocycles. The first-order valence-corrected chi connectivity index (χ1v) is 10.6. The lowest BCUT2D eigenvalue weighted by Crippen LogP contribution is -2.21. The lowest BCUT2D eigenvalue weighted by Gasteiger charge is -2.20. The molecule has 1 unspecified atom stereocenters. The fourth-order valence-corrected chi connectivity index (χ4v) is 4.16. The molecule has 0 heterocycles.